The lowest BCUT2D eigenvalue weighted by Crippen LogP contribution is -2.36. The number of furan rings is 1. The quantitative estimate of drug-likeness (QED) is 0.325. The van der Waals surface area contributed by atoms with E-state index in [1.165, 1.54) is 13.2 Å². The molecule has 2 N–H and O–H groups in total. The van der Waals surface area contributed by atoms with Crippen molar-refractivity contribution in [1.29, 1.82) is 0 Å². The first kappa shape index (κ1) is 22.3. The van der Waals surface area contributed by atoms with Crippen molar-refractivity contribution in [3.8, 4) is 0 Å². The van der Waals surface area contributed by atoms with Crippen LogP contribution in [0.4, 0.5) is 17.6 Å². The number of benzene rings is 1. The van der Waals surface area contributed by atoms with Crippen LogP contribution >= 0.6 is 0 Å². The Morgan fingerprint density at radius 3 is 2.59 bits per heavy atom. The smallest absolute Gasteiger partial charge is 0.416 e. The maximum atomic E-state index is 13.2. The van der Waals surface area contributed by atoms with Gasteiger partial charge in [0.05, 0.1) is 25.8 Å². The van der Waals surface area contributed by atoms with Crippen molar-refractivity contribution in [1.82, 2.24) is 10.6 Å². The number of carbonyl (C=O) groups excluding carboxylic acids is 1. The Labute approximate surface area is 164 Å². The number of hydrogen-bond acceptors (Lipinski definition) is 4. The van der Waals surface area contributed by atoms with E-state index in [0.29, 0.717) is 24.1 Å². The highest BCUT2D eigenvalue weighted by atomic mass is 19.4. The molecular formula is C19H21F4N3O3. The van der Waals surface area contributed by atoms with Crippen molar-refractivity contribution >= 4 is 11.9 Å². The van der Waals surface area contributed by atoms with Gasteiger partial charge in [0.1, 0.15) is 22.9 Å². The van der Waals surface area contributed by atoms with Gasteiger partial charge in [0.2, 0.25) is 0 Å². The van der Waals surface area contributed by atoms with Gasteiger partial charge in [-0.1, -0.05) is 6.07 Å². The lowest BCUT2D eigenvalue weighted by Gasteiger charge is -2.13. The molecule has 29 heavy (non-hydrogen) atoms. The fourth-order valence-electron chi connectivity index (χ4n) is 2.57. The van der Waals surface area contributed by atoms with Gasteiger partial charge in [-0.05, 0) is 37.6 Å². The van der Waals surface area contributed by atoms with Crippen LogP contribution < -0.4 is 10.6 Å². The molecule has 0 aliphatic carbocycles. The molecule has 1 heterocycles. The minimum Gasteiger partial charge on any atom is -0.465 e. The van der Waals surface area contributed by atoms with Crippen molar-refractivity contribution in [2.75, 3.05) is 13.7 Å². The van der Waals surface area contributed by atoms with Gasteiger partial charge in [-0.3, -0.25) is 0 Å². The lowest BCUT2D eigenvalue weighted by molar-refractivity contribution is -0.138. The van der Waals surface area contributed by atoms with E-state index in [0.717, 1.165) is 12.1 Å². The van der Waals surface area contributed by atoms with Gasteiger partial charge in [0.25, 0.3) is 0 Å². The number of nitrogens with zero attached hydrogens (tertiary/aromatic N) is 1. The number of aliphatic imine (C=N–C) groups is 1. The molecule has 0 aliphatic heterocycles. The number of alkyl halides is 3. The van der Waals surface area contributed by atoms with E-state index in [1.807, 2.05) is 0 Å². The minimum absolute atomic E-state index is 0.138. The Kier molecular flexibility index (Phi) is 7.24. The highest BCUT2D eigenvalue weighted by Crippen LogP contribution is 2.32. The third-order valence-electron chi connectivity index (χ3n) is 3.93. The number of methoxy groups -OCH3 is 1. The maximum absolute atomic E-state index is 13.2. The average Bonchev–Trinajstić information content (AvgIpc) is 3.04. The highest BCUT2D eigenvalue weighted by Gasteiger charge is 2.33. The molecule has 158 valence electrons. The van der Waals surface area contributed by atoms with Gasteiger partial charge >= 0.3 is 12.1 Å². The van der Waals surface area contributed by atoms with Crippen molar-refractivity contribution in [3.63, 3.8) is 0 Å². The van der Waals surface area contributed by atoms with Crippen LogP contribution in [0.2, 0.25) is 0 Å². The van der Waals surface area contributed by atoms with Crippen LogP contribution in [0.3, 0.4) is 0 Å². The molecule has 10 heteroatoms. The van der Waals surface area contributed by atoms with Crippen LogP contribution in [0, 0.1) is 12.7 Å². The zero-order valence-electron chi connectivity index (χ0n) is 16.1. The van der Waals surface area contributed by atoms with Gasteiger partial charge < -0.3 is 19.8 Å². The highest BCUT2D eigenvalue weighted by molar-refractivity contribution is 5.90. The Balaban J connectivity index is 2.15. The summed E-state index contributed by atoms with van der Waals surface area (Å²) in [6.07, 6.45) is -4.69. The number of esters is 1. The molecule has 0 radical (unpaired) electrons. The summed E-state index contributed by atoms with van der Waals surface area (Å²) >= 11 is 0. The molecule has 0 amide bonds. The molecule has 1 aromatic heterocycles. The van der Waals surface area contributed by atoms with Gasteiger partial charge in [-0.2, -0.15) is 13.2 Å². The van der Waals surface area contributed by atoms with Crippen LogP contribution in [0.15, 0.2) is 33.7 Å². The number of hydrogen-bond donors (Lipinski definition) is 2. The molecule has 6 nitrogen and oxygen atoms in total. The second-order valence-electron chi connectivity index (χ2n) is 6.02. The summed E-state index contributed by atoms with van der Waals surface area (Å²) in [5, 5.41) is 5.81. The summed E-state index contributed by atoms with van der Waals surface area (Å²) in [5.41, 5.74) is -0.938. The molecule has 2 rings (SSSR count). The van der Waals surface area contributed by atoms with E-state index in [-0.39, 0.29) is 30.2 Å². The normalized spacial score (nSPS) is 12.0. The lowest BCUT2D eigenvalue weighted by atomic mass is 10.1. The van der Waals surface area contributed by atoms with E-state index < -0.39 is 23.5 Å². The summed E-state index contributed by atoms with van der Waals surface area (Å²) in [7, 11) is 1.26. The van der Waals surface area contributed by atoms with E-state index in [4.69, 9.17) is 4.42 Å². The van der Waals surface area contributed by atoms with Crippen molar-refractivity contribution in [3.05, 3.63) is 58.3 Å². The Bertz CT molecular complexity index is 891. The van der Waals surface area contributed by atoms with Gasteiger partial charge in [0, 0.05) is 6.54 Å². The average molecular weight is 415 g/mol. The first-order valence-corrected chi connectivity index (χ1v) is 8.71. The number of rotatable bonds is 6. The predicted octanol–water partition coefficient (Wildman–Crippen LogP) is 3.79. The topological polar surface area (TPSA) is 75.9 Å². The number of guanidine groups is 1. The van der Waals surface area contributed by atoms with E-state index in [2.05, 4.69) is 20.4 Å². The van der Waals surface area contributed by atoms with Crippen LogP contribution in [-0.4, -0.2) is 25.6 Å². The fraction of sp³-hybridized carbons (Fsp3) is 0.368. The van der Waals surface area contributed by atoms with Crippen LogP contribution in [0.1, 0.15) is 39.9 Å². The van der Waals surface area contributed by atoms with Crippen molar-refractivity contribution in [2.45, 2.75) is 33.1 Å². The van der Waals surface area contributed by atoms with Crippen LogP contribution in [0.25, 0.3) is 0 Å². The second kappa shape index (κ2) is 9.44. The Hall–Kier alpha value is -3.04. The zero-order valence-corrected chi connectivity index (χ0v) is 16.1. The van der Waals surface area contributed by atoms with Gasteiger partial charge in [-0.25, -0.2) is 14.2 Å². The minimum atomic E-state index is -4.69. The molecular weight excluding hydrogens is 394 g/mol. The largest absolute Gasteiger partial charge is 0.465 e. The molecule has 0 bridgehead atoms. The number of carbonyl (C=O) groups is 1. The van der Waals surface area contributed by atoms with Crippen molar-refractivity contribution in [2.24, 2.45) is 4.99 Å². The van der Waals surface area contributed by atoms with E-state index in [1.54, 1.807) is 13.8 Å². The Morgan fingerprint density at radius 2 is 1.97 bits per heavy atom. The maximum Gasteiger partial charge on any atom is 0.416 e. The number of aryl methyl sites for hydroxylation is 1. The number of halogens is 4. The molecule has 1 aromatic carbocycles. The molecule has 0 unspecified atom stereocenters. The van der Waals surface area contributed by atoms with Gasteiger partial charge in [0.15, 0.2) is 5.96 Å². The third-order valence-corrected chi connectivity index (χ3v) is 3.93. The van der Waals surface area contributed by atoms with Crippen molar-refractivity contribution < 1.29 is 31.5 Å². The zero-order chi connectivity index (χ0) is 21.6. The first-order valence-electron chi connectivity index (χ1n) is 8.71. The van der Waals surface area contributed by atoms with E-state index >= 15 is 0 Å². The summed E-state index contributed by atoms with van der Waals surface area (Å²) in [5.74, 6) is -0.458. The molecule has 0 atom stereocenters. The van der Waals surface area contributed by atoms with Crippen LogP contribution in [-0.2, 0) is 24.0 Å². The second-order valence-corrected chi connectivity index (χ2v) is 6.02. The molecule has 0 saturated heterocycles. The standard InChI is InChI=1S/C19H21F4N3O3/c1-4-24-18(26-10-14-8-15(11(2)29-14)17(27)28-3)25-9-12-5-6-13(20)7-16(12)19(21,22)23/h5-8H,4,9-10H2,1-3H3,(H2,24,25,26). The summed E-state index contributed by atoms with van der Waals surface area (Å²) in [6, 6.07) is 3.98. The SMILES string of the molecule is CCNC(=NCc1ccc(F)cc1C(F)(F)F)NCc1cc(C(=O)OC)c(C)o1. The molecule has 0 fully saturated rings. The monoisotopic (exact) mass is 415 g/mol. The number of nitrogens with one attached hydrogen (secondary N) is 2. The molecule has 0 saturated carbocycles. The van der Waals surface area contributed by atoms with E-state index in [9.17, 15) is 22.4 Å². The molecule has 2 aromatic rings. The van der Waals surface area contributed by atoms with Crippen LogP contribution in [0.5, 0.6) is 0 Å². The summed E-state index contributed by atoms with van der Waals surface area (Å²) in [6.45, 7) is 3.70. The molecule has 0 aliphatic rings. The first-order chi connectivity index (χ1) is 13.7. The van der Waals surface area contributed by atoms with Gasteiger partial charge in [-0.15, -0.1) is 0 Å². The summed E-state index contributed by atoms with van der Waals surface area (Å²) < 4.78 is 62.7. The fourth-order valence-corrected chi connectivity index (χ4v) is 2.57. The summed E-state index contributed by atoms with van der Waals surface area (Å²) in [4.78, 5) is 15.7. The molecule has 0 spiro atoms. The predicted molar refractivity (Wildman–Crippen MR) is 97.8 cm³/mol. The third kappa shape index (κ3) is 5.97. The number of ether oxygens (including phenoxy) is 1. The Morgan fingerprint density at radius 1 is 1.24 bits per heavy atom.